The number of hydrogen-bond acceptors (Lipinski definition) is 4. The Morgan fingerprint density at radius 2 is 2.28 bits per heavy atom. The Morgan fingerprint density at radius 3 is 2.89 bits per heavy atom. The third-order valence-electron chi connectivity index (χ3n) is 2.70. The standard InChI is InChI=1S/C14H18N2O2/c1-11(14(17)18-3)9-16(2)10-13-6-4-5-12(7-13)8-15/h4-7,11H,9-10H2,1-3H3. The van der Waals surface area contributed by atoms with Gasteiger partial charge in [-0.15, -0.1) is 0 Å². The first kappa shape index (κ1) is 14.2. The lowest BCUT2D eigenvalue weighted by Gasteiger charge is -2.20. The zero-order chi connectivity index (χ0) is 13.5. The number of methoxy groups -OCH3 is 1. The van der Waals surface area contributed by atoms with Crippen molar-refractivity contribution in [2.45, 2.75) is 13.5 Å². The highest BCUT2D eigenvalue weighted by atomic mass is 16.5. The molecule has 96 valence electrons. The van der Waals surface area contributed by atoms with Crippen LogP contribution in [0.4, 0.5) is 0 Å². The Balaban J connectivity index is 2.56. The van der Waals surface area contributed by atoms with Gasteiger partial charge in [-0.1, -0.05) is 19.1 Å². The van der Waals surface area contributed by atoms with E-state index in [1.165, 1.54) is 7.11 Å². The molecule has 1 aromatic rings. The third kappa shape index (κ3) is 4.19. The monoisotopic (exact) mass is 246 g/mol. The first-order valence-electron chi connectivity index (χ1n) is 5.82. The zero-order valence-corrected chi connectivity index (χ0v) is 11.0. The second kappa shape index (κ2) is 6.77. The van der Waals surface area contributed by atoms with Crippen molar-refractivity contribution in [2.24, 2.45) is 5.92 Å². The molecule has 0 radical (unpaired) electrons. The lowest BCUT2D eigenvalue weighted by Crippen LogP contribution is -2.29. The van der Waals surface area contributed by atoms with Crippen LogP contribution in [0.15, 0.2) is 24.3 Å². The Kier molecular flexibility index (Phi) is 5.34. The van der Waals surface area contributed by atoms with Gasteiger partial charge in [0.2, 0.25) is 0 Å². The van der Waals surface area contributed by atoms with Gasteiger partial charge in [-0.25, -0.2) is 0 Å². The Bertz CT molecular complexity index is 451. The predicted molar refractivity (Wildman–Crippen MR) is 68.7 cm³/mol. The van der Waals surface area contributed by atoms with Crippen molar-refractivity contribution >= 4 is 5.97 Å². The molecule has 0 saturated heterocycles. The first-order chi connectivity index (χ1) is 8.56. The largest absolute Gasteiger partial charge is 0.469 e. The molecule has 4 nitrogen and oxygen atoms in total. The van der Waals surface area contributed by atoms with E-state index in [0.29, 0.717) is 18.7 Å². The summed E-state index contributed by atoms with van der Waals surface area (Å²) in [6.07, 6.45) is 0. The molecular weight excluding hydrogens is 228 g/mol. The number of ether oxygens (including phenoxy) is 1. The normalized spacial score (nSPS) is 11.9. The van der Waals surface area contributed by atoms with E-state index in [9.17, 15) is 4.79 Å². The summed E-state index contributed by atoms with van der Waals surface area (Å²) in [6.45, 7) is 3.17. The molecule has 18 heavy (non-hydrogen) atoms. The summed E-state index contributed by atoms with van der Waals surface area (Å²) in [5.41, 5.74) is 1.72. The van der Waals surface area contributed by atoms with Crippen molar-refractivity contribution < 1.29 is 9.53 Å². The fourth-order valence-electron chi connectivity index (χ4n) is 1.86. The van der Waals surface area contributed by atoms with Crippen LogP contribution in [0.5, 0.6) is 0 Å². The second-order valence-electron chi connectivity index (χ2n) is 4.43. The van der Waals surface area contributed by atoms with Gasteiger partial charge in [-0.3, -0.25) is 4.79 Å². The smallest absolute Gasteiger partial charge is 0.309 e. The summed E-state index contributed by atoms with van der Waals surface area (Å²) in [4.78, 5) is 13.3. The number of benzene rings is 1. The van der Waals surface area contributed by atoms with E-state index in [1.807, 2.05) is 37.1 Å². The Labute approximate surface area is 108 Å². The van der Waals surface area contributed by atoms with Gasteiger partial charge >= 0.3 is 5.97 Å². The molecule has 0 saturated carbocycles. The van der Waals surface area contributed by atoms with Gasteiger partial charge < -0.3 is 9.64 Å². The van der Waals surface area contributed by atoms with Gasteiger partial charge in [-0.2, -0.15) is 5.26 Å². The van der Waals surface area contributed by atoms with Crippen LogP contribution in [0, 0.1) is 17.2 Å². The highest BCUT2D eigenvalue weighted by molar-refractivity contribution is 5.72. The van der Waals surface area contributed by atoms with Gasteiger partial charge in [0.15, 0.2) is 0 Å². The predicted octanol–water partition coefficient (Wildman–Crippen LogP) is 1.80. The van der Waals surface area contributed by atoms with Crippen LogP contribution < -0.4 is 0 Å². The minimum atomic E-state index is -0.201. The molecule has 0 aromatic heterocycles. The molecule has 1 atom stereocenters. The van der Waals surface area contributed by atoms with Crippen LogP contribution in [-0.4, -0.2) is 31.6 Å². The molecule has 0 aliphatic rings. The number of rotatable bonds is 5. The molecule has 0 aliphatic heterocycles. The van der Waals surface area contributed by atoms with Crippen LogP contribution in [-0.2, 0) is 16.1 Å². The van der Waals surface area contributed by atoms with Crippen molar-refractivity contribution in [1.82, 2.24) is 4.90 Å². The average Bonchev–Trinajstić information content (AvgIpc) is 2.37. The van der Waals surface area contributed by atoms with Gasteiger partial charge in [0.05, 0.1) is 24.7 Å². The maximum absolute atomic E-state index is 11.3. The van der Waals surface area contributed by atoms with Crippen molar-refractivity contribution in [2.75, 3.05) is 20.7 Å². The van der Waals surface area contributed by atoms with Crippen LogP contribution in [0.25, 0.3) is 0 Å². The van der Waals surface area contributed by atoms with E-state index in [0.717, 1.165) is 5.56 Å². The highest BCUT2D eigenvalue weighted by Gasteiger charge is 2.15. The molecular formula is C14H18N2O2. The molecule has 0 heterocycles. The van der Waals surface area contributed by atoms with E-state index in [2.05, 4.69) is 6.07 Å². The molecule has 1 rings (SSSR count). The average molecular weight is 246 g/mol. The number of carbonyl (C=O) groups excluding carboxylic acids is 1. The molecule has 0 aliphatic carbocycles. The third-order valence-corrected chi connectivity index (χ3v) is 2.70. The molecule has 0 N–H and O–H groups in total. The number of hydrogen-bond donors (Lipinski definition) is 0. The summed E-state index contributed by atoms with van der Waals surface area (Å²) < 4.78 is 4.69. The maximum Gasteiger partial charge on any atom is 0.309 e. The fourth-order valence-corrected chi connectivity index (χ4v) is 1.86. The maximum atomic E-state index is 11.3. The Hall–Kier alpha value is -1.86. The minimum Gasteiger partial charge on any atom is -0.469 e. The number of nitriles is 1. The summed E-state index contributed by atoms with van der Waals surface area (Å²) in [5, 5.41) is 8.82. The summed E-state index contributed by atoms with van der Waals surface area (Å²) in [7, 11) is 3.34. The van der Waals surface area contributed by atoms with Crippen molar-refractivity contribution in [3.05, 3.63) is 35.4 Å². The number of nitrogens with zero attached hydrogens (tertiary/aromatic N) is 2. The lowest BCUT2D eigenvalue weighted by atomic mass is 10.1. The van der Waals surface area contributed by atoms with Crippen LogP contribution in [0.3, 0.4) is 0 Å². The molecule has 0 fully saturated rings. The number of esters is 1. The zero-order valence-electron chi connectivity index (χ0n) is 11.0. The molecule has 4 heteroatoms. The highest BCUT2D eigenvalue weighted by Crippen LogP contribution is 2.09. The summed E-state index contributed by atoms with van der Waals surface area (Å²) >= 11 is 0. The quantitative estimate of drug-likeness (QED) is 0.743. The van der Waals surface area contributed by atoms with Crippen molar-refractivity contribution in [3.63, 3.8) is 0 Å². The van der Waals surface area contributed by atoms with Crippen LogP contribution in [0.2, 0.25) is 0 Å². The molecule has 0 spiro atoms. The van der Waals surface area contributed by atoms with Gasteiger partial charge in [0.1, 0.15) is 0 Å². The first-order valence-corrected chi connectivity index (χ1v) is 5.82. The Morgan fingerprint density at radius 1 is 1.56 bits per heavy atom. The second-order valence-corrected chi connectivity index (χ2v) is 4.43. The van der Waals surface area contributed by atoms with E-state index in [-0.39, 0.29) is 11.9 Å². The van der Waals surface area contributed by atoms with E-state index >= 15 is 0 Å². The summed E-state index contributed by atoms with van der Waals surface area (Å²) in [5.74, 6) is -0.355. The van der Waals surface area contributed by atoms with E-state index < -0.39 is 0 Å². The van der Waals surface area contributed by atoms with Gasteiger partial charge in [0, 0.05) is 13.1 Å². The molecule has 1 aromatic carbocycles. The van der Waals surface area contributed by atoms with E-state index in [4.69, 9.17) is 10.00 Å². The molecule has 1 unspecified atom stereocenters. The van der Waals surface area contributed by atoms with Crippen molar-refractivity contribution in [3.8, 4) is 6.07 Å². The van der Waals surface area contributed by atoms with Crippen LogP contribution in [0.1, 0.15) is 18.1 Å². The lowest BCUT2D eigenvalue weighted by molar-refractivity contribution is -0.145. The topological polar surface area (TPSA) is 53.3 Å². The van der Waals surface area contributed by atoms with E-state index in [1.54, 1.807) is 6.07 Å². The summed E-state index contributed by atoms with van der Waals surface area (Å²) in [6, 6.07) is 9.59. The fraction of sp³-hybridized carbons (Fsp3) is 0.429. The van der Waals surface area contributed by atoms with Gasteiger partial charge in [0.25, 0.3) is 0 Å². The van der Waals surface area contributed by atoms with Crippen molar-refractivity contribution in [1.29, 1.82) is 5.26 Å². The molecule has 0 amide bonds. The van der Waals surface area contributed by atoms with Gasteiger partial charge in [-0.05, 0) is 24.7 Å². The van der Waals surface area contributed by atoms with Crippen LogP contribution >= 0.6 is 0 Å². The number of carbonyl (C=O) groups is 1. The molecule has 0 bridgehead atoms. The SMILES string of the molecule is COC(=O)C(C)CN(C)Cc1cccc(C#N)c1. The minimum absolute atomic E-state index is 0.154.